The van der Waals surface area contributed by atoms with E-state index in [1.54, 1.807) is 12.1 Å². The number of benzene rings is 1. The van der Waals surface area contributed by atoms with Crippen molar-refractivity contribution in [2.75, 3.05) is 6.54 Å². The first-order chi connectivity index (χ1) is 9.08. The molecule has 1 aromatic carbocycles. The number of carbonyl (C=O) groups is 1. The van der Waals surface area contributed by atoms with Crippen LogP contribution in [-0.2, 0) is 0 Å². The molecular formula is C15H21NO3. The fourth-order valence-corrected chi connectivity index (χ4v) is 2.58. The molecule has 0 heterocycles. The van der Waals surface area contributed by atoms with Crippen LogP contribution in [0, 0.1) is 12.8 Å². The van der Waals surface area contributed by atoms with E-state index in [0.717, 1.165) is 31.2 Å². The summed E-state index contributed by atoms with van der Waals surface area (Å²) < 4.78 is 0. The number of aliphatic hydroxyl groups excluding tert-OH is 1. The molecule has 1 saturated carbocycles. The SMILES string of the molecule is Cc1ccc(O)c(C(=O)NCC2CCCCC2O)c1. The highest BCUT2D eigenvalue weighted by molar-refractivity contribution is 5.96. The zero-order valence-electron chi connectivity index (χ0n) is 11.2. The van der Waals surface area contributed by atoms with E-state index in [0.29, 0.717) is 12.1 Å². The first-order valence-electron chi connectivity index (χ1n) is 6.84. The third-order valence-electron chi connectivity index (χ3n) is 3.79. The van der Waals surface area contributed by atoms with Crippen LogP contribution in [0.25, 0.3) is 0 Å². The van der Waals surface area contributed by atoms with E-state index in [1.807, 2.05) is 6.92 Å². The van der Waals surface area contributed by atoms with Gasteiger partial charge in [0.25, 0.3) is 5.91 Å². The average molecular weight is 263 g/mol. The second kappa shape index (κ2) is 6.06. The molecule has 0 radical (unpaired) electrons. The predicted octanol–water partition coefficient (Wildman–Crippen LogP) is 1.98. The van der Waals surface area contributed by atoms with E-state index >= 15 is 0 Å². The second-order valence-corrected chi connectivity index (χ2v) is 5.34. The molecule has 4 heteroatoms. The summed E-state index contributed by atoms with van der Waals surface area (Å²) in [6.07, 6.45) is 3.61. The number of aryl methyl sites for hydroxylation is 1. The fraction of sp³-hybridized carbons (Fsp3) is 0.533. The summed E-state index contributed by atoms with van der Waals surface area (Å²) in [4.78, 5) is 12.0. The van der Waals surface area contributed by atoms with Gasteiger partial charge >= 0.3 is 0 Å². The van der Waals surface area contributed by atoms with Crippen molar-refractivity contribution in [3.63, 3.8) is 0 Å². The molecule has 4 nitrogen and oxygen atoms in total. The summed E-state index contributed by atoms with van der Waals surface area (Å²) >= 11 is 0. The molecule has 0 bridgehead atoms. The lowest BCUT2D eigenvalue weighted by Crippen LogP contribution is -2.36. The summed E-state index contributed by atoms with van der Waals surface area (Å²) in [6, 6.07) is 4.96. The van der Waals surface area contributed by atoms with Crippen LogP contribution in [-0.4, -0.2) is 28.8 Å². The Balaban J connectivity index is 1.95. The Kier molecular flexibility index (Phi) is 4.43. The topological polar surface area (TPSA) is 69.6 Å². The number of amides is 1. The summed E-state index contributed by atoms with van der Waals surface area (Å²) in [5.74, 6) is -0.157. The third kappa shape index (κ3) is 3.47. The number of aliphatic hydroxyl groups is 1. The van der Waals surface area contributed by atoms with Crippen LogP contribution in [0.5, 0.6) is 5.75 Å². The number of phenolic OH excluding ortho intramolecular Hbond substituents is 1. The van der Waals surface area contributed by atoms with Gasteiger partial charge in [0.05, 0.1) is 11.7 Å². The number of hydrogen-bond acceptors (Lipinski definition) is 3. The molecule has 0 aromatic heterocycles. The standard InChI is InChI=1S/C15H21NO3/c1-10-6-7-14(18)12(8-10)15(19)16-9-11-4-2-3-5-13(11)17/h6-8,11,13,17-18H,2-5,9H2,1H3,(H,16,19). The van der Waals surface area contributed by atoms with Crippen LogP contribution in [0.3, 0.4) is 0 Å². The smallest absolute Gasteiger partial charge is 0.255 e. The molecule has 2 rings (SSSR count). The molecule has 3 N–H and O–H groups in total. The molecule has 0 aliphatic heterocycles. The number of carbonyl (C=O) groups excluding carboxylic acids is 1. The van der Waals surface area contributed by atoms with Crippen LogP contribution in [0.4, 0.5) is 0 Å². The van der Waals surface area contributed by atoms with Crippen molar-refractivity contribution >= 4 is 5.91 Å². The normalized spacial score (nSPS) is 23.1. The molecule has 1 aliphatic rings. The van der Waals surface area contributed by atoms with Crippen molar-refractivity contribution in [3.8, 4) is 5.75 Å². The van der Waals surface area contributed by atoms with Gasteiger partial charge in [-0.3, -0.25) is 4.79 Å². The lowest BCUT2D eigenvalue weighted by Gasteiger charge is -2.27. The largest absolute Gasteiger partial charge is 0.507 e. The van der Waals surface area contributed by atoms with Gasteiger partial charge in [-0.05, 0) is 31.9 Å². The van der Waals surface area contributed by atoms with Gasteiger partial charge in [-0.25, -0.2) is 0 Å². The van der Waals surface area contributed by atoms with Gasteiger partial charge in [0.1, 0.15) is 5.75 Å². The van der Waals surface area contributed by atoms with Crippen LogP contribution < -0.4 is 5.32 Å². The van der Waals surface area contributed by atoms with Crippen LogP contribution in [0.15, 0.2) is 18.2 Å². The number of rotatable bonds is 3. The van der Waals surface area contributed by atoms with Crippen molar-refractivity contribution in [2.24, 2.45) is 5.92 Å². The van der Waals surface area contributed by atoms with Gasteiger partial charge < -0.3 is 15.5 Å². The third-order valence-corrected chi connectivity index (χ3v) is 3.79. The Hall–Kier alpha value is -1.55. The Morgan fingerprint density at radius 3 is 2.84 bits per heavy atom. The van der Waals surface area contributed by atoms with E-state index < -0.39 is 0 Å². The fourth-order valence-electron chi connectivity index (χ4n) is 2.58. The summed E-state index contributed by atoms with van der Waals surface area (Å²) in [7, 11) is 0. The highest BCUT2D eigenvalue weighted by atomic mass is 16.3. The van der Waals surface area contributed by atoms with Crippen LogP contribution >= 0.6 is 0 Å². The summed E-state index contributed by atoms with van der Waals surface area (Å²) in [5.41, 5.74) is 1.23. The van der Waals surface area contributed by atoms with Gasteiger partial charge in [0, 0.05) is 12.5 Å². The average Bonchev–Trinajstić information content (AvgIpc) is 2.40. The van der Waals surface area contributed by atoms with Gasteiger partial charge in [-0.2, -0.15) is 0 Å². The van der Waals surface area contributed by atoms with E-state index in [1.165, 1.54) is 6.07 Å². The summed E-state index contributed by atoms with van der Waals surface area (Å²) in [5, 5.41) is 22.3. The Morgan fingerprint density at radius 2 is 2.11 bits per heavy atom. The molecule has 2 atom stereocenters. The molecule has 0 spiro atoms. The van der Waals surface area contributed by atoms with Crippen LogP contribution in [0.1, 0.15) is 41.6 Å². The quantitative estimate of drug-likeness (QED) is 0.781. The molecular weight excluding hydrogens is 242 g/mol. The van der Waals surface area contributed by atoms with Gasteiger partial charge in [0.2, 0.25) is 0 Å². The minimum Gasteiger partial charge on any atom is -0.507 e. The van der Waals surface area contributed by atoms with Gasteiger partial charge in [-0.15, -0.1) is 0 Å². The maximum Gasteiger partial charge on any atom is 0.255 e. The van der Waals surface area contributed by atoms with E-state index in [9.17, 15) is 15.0 Å². The maximum absolute atomic E-state index is 12.0. The predicted molar refractivity (Wildman–Crippen MR) is 73.1 cm³/mol. The summed E-state index contributed by atoms with van der Waals surface area (Å²) in [6.45, 7) is 2.34. The van der Waals surface area contributed by atoms with Crippen molar-refractivity contribution in [1.29, 1.82) is 0 Å². The van der Waals surface area contributed by atoms with Crippen molar-refractivity contribution < 1.29 is 15.0 Å². The first kappa shape index (κ1) is 13.9. The number of nitrogens with one attached hydrogen (secondary N) is 1. The Bertz CT molecular complexity index is 459. The highest BCUT2D eigenvalue weighted by Crippen LogP contribution is 2.24. The van der Waals surface area contributed by atoms with E-state index in [4.69, 9.17) is 0 Å². The Morgan fingerprint density at radius 1 is 1.37 bits per heavy atom. The molecule has 0 saturated heterocycles. The molecule has 104 valence electrons. The highest BCUT2D eigenvalue weighted by Gasteiger charge is 2.23. The first-order valence-corrected chi connectivity index (χ1v) is 6.84. The molecule has 1 amide bonds. The minimum atomic E-state index is -0.319. The van der Waals surface area contributed by atoms with E-state index in [-0.39, 0.29) is 23.7 Å². The molecule has 1 aromatic rings. The van der Waals surface area contributed by atoms with Crippen molar-refractivity contribution in [3.05, 3.63) is 29.3 Å². The lowest BCUT2D eigenvalue weighted by atomic mass is 9.86. The minimum absolute atomic E-state index is 0.00714. The monoisotopic (exact) mass is 263 g/mol. The van der Waals surface area contributed by atoms with Crippen molar-refractivity contribution in [2.45, 2.75) is 38.7 Å². The zero-order chi connectivity index (χ0) is 13.8. The maximum atomic E-state index is 12.0. The van der Waals surface area contributed by atoms with Crippen LogP contribution in [0.2, 0.25) is 0 Å². The molecule has 1 fully saturated rings. The molecule has 2 unspecified atom stereocenters. The zero-order valence-corrected chi connectivity index (χ0v) is 11.2. The lowest BCUT2D eigenvalue weighted by molar-refractivity contribution is 0.0662. The second-order valence-electron chi connectivity index (χ2n) is 5.34. The number of aromatic hydroxyl groups is 1. The Labute approximate surface area is 113 Å². The van der Waals surface area contributed by atoms with Gasteiger partial charge in [0.15, 0.2) is 0 Å². The number of phenols is 1. The van der Waals surface area contributed by atoms with Crippen molar-refractivity contribution in [1.82, 2.24) is 5.32 Å². The molecule has 19 heavy (non-hydrogen) atoms. The molecule has 1 aliphatic carbocycles. The number of hydrogen-bond donors (Lipinski definition) is 3. The van der Waals surface area contributed by atoms with Gasteiger partial charge in [-0.1, -0.05) is 24.5 Å². The van der Waals surface area contributed by atoms with E-state index in [2.05, 4.69) is 5.32 Å².